The number of fused-ring (bicyclic) bond motifs is 3. The molecule has 2 unspecified atom stereocenters. The van der Waals surface area contributed by atoms with Crippen LogP contribution in [-0.2, 0) is 11.2 Å². The van der Waals surface area contributed by atoms with Gasteiger partial charge in [-0.15, -0.1) is 0 Å². The zero-order chi connectivity index (χ0) is 19.5. The summed E-state index contributed by atoms with van der Waals surface area (Å²) in [4.78, 5) is 15.7. The molecule has 2 fully saturated rings. The lowest BCUT2D eigenvalue weighted by Crippen LogP contribution is -2.62. The van der Waals surface area contributed by atoms with Crippen LogP contribution in [0.2, 0.25) is 0 Å². The maximum atomic E-state index is 13.6. The number of hydrogen-bond donors (Lipinski definition) is 2. The molecular formula is C22H31NO4. The zero-order valence-electron chi connectivity index (χ0n) is 16.8. The van der Waals surface area contributed by atoms with E-state index in [9.17, 15) is 15.0 Å². The summed E-state index contributed by atoms with van der Waals surface area (Å²) in [5.41, 5.74) is 2.74. The molecule has 2 saturated heterocycles. The summed E-state index contributed by atoms with van der Waals surface area (Å²) in [6.45, 7) is 7.68. The Morgan fingerprint density at radius 3 is 2.37 bits per heavy atom. The van der Waals surface area contributed by atoms with E-state index in [1.54, 1.807) is 0 Å². The van der Waals surface area contributed by atoms with E-state index in [1.807, 2.05) is 32.6 Å². The fraction of sp³-hybridized carbons (Fsp3) is 0.682. The van der Waals surface area contributed by atoms with Crippen LogP contribution in [0.4, 0.5) is 0 Å². The monoisotopic (exact) mass is 373 g/mol. The van der Waals surface area contributed by atoms with Crippen molar-refractivity contribution in [2.75, 3.05) is 0 Å². The van der Waals surface area contributed by atoms with Crippen LogP contribution in [0, 0.1) is 20.8 Å². The third-order valence-corrected chi connectivity index (χ3v) is 7.16. The van der Waals surface area contributed by atoms with Crippen LogP contribution in [0.3, 0.4) is 0 Å². The standard InChI is InChI=1S/C22H31NO4/c1-12-13(2)20-18(14(3)19(12)25)8-9-22(4,27-20)21(26)23-15-6-5-7-16(23)11-17(24)10-15/h15-17,24-25H,5-11H2,1-4H3/t15-,16+,17?,22?. The Morgan fingerprint density at radius 1 is 1.11 bits per heavy atom. The summed E-state index contributed by atoms with van der Waals surface area (Å²) in [5.74, 6) is 1.17. The first-order valence-electron chi connectivity index (χ1n) is 10.2. The third-order valence-electron chi connectivity index (χ3n) is 7.16. The number of carbonyl (C=O) groups is 1. The number of amides is 1. The van der Waals surface area contributed by atoms with Crippen molar-refractivity contribution in [1.29, 1.82) is 0 Å². The maximum absolute atomic E-state index is 13.6. The van der Waals surface area contributed by atoms with Gasteiger partial charge in [-0.2, -0.15) is 0 Å². The van der Waals surface area contributed by atoms with Gasteiger partial charge >= 0.3 is 0 Å². The number of aliphatic hydroxyl groups is 1. The highest BCUT2D eigenvalue weighted by Crippen LogP contribution is 2.45. The Balaban J connectivity index is 1.67. The minimum Gasteiger partial charge on any atom is -0.507 e. The van der Waals surface area contributed by atoms with E-state index in [0.717, 1.165) is 53.7 Å². The minimum atomic E-state index is -0.885. The number of nitrogens with zero attached hydrogens (tertiary/aromatic N) is 1. The maximum Gasteiger partial charge on any atom is 0.266 e. The molecule has 4 atom stereocenters. The van der Waals surface area contributed by atoms with E-state index in [-0.39, 0.29) is 24.1 Å². The molecule has 4 rings (SSSR count). The number of benzene rings is 1. The van der Waals surface area contributed by atoms with Crippen molar-refractivity contribution >= 4 is 5.91 Å². The van der Waals surface area contributed by atoms with Crippen molar-refractivity contribution in [2.45, 2.75) is 96.4 Å². The summed E-state index contributed by atoms with van der Waals surface area (Å²) in [5, 5.41) is 20.5. The Bertz CT molecular complexity index is 775. The van der Waals surface area contributed by atoms with Gasteiger partial charge in [0.1, 0.15) is 11.5 Å². The number of carbonyl (C=O) groups excluding carboxylic acids is 1. The summed E-state index contributed by atoms with van der Waals surface area (Å²) in [6.07, 6.45) is 5.47. The predicted octanol–water partition coefficient (Wildman–Crippen LogP) is 3.31. The molecule has 3 heterocycles. The average Bonchev–Trinajstić information content (AvgIpc) is 2.63. The van der Waals surface area contributed by atoms with Crippen molar-refractivity contribution in [1.82, 2.24) is 4.90 Å². The molecule has 5 heteroatoms. The molecule has 1 aromatic carbocycles. The number of aliphatic hydroxyl groups excluding tert-OH is 1. The molecule has 2 N–H and O–H groups in total. The van der Waals surface area contributed by atoms with Crippen LogP contribution in [0.5, 0.6) is 11.5 Å². The Morgan fingerprint density at radius 2 is 1.74 bits per heavy atom. The number of hydrogen-bond acceptors (Lipinski definition) is 4. The fourth-order valence-corrected chi connectivity index (χ4v) is 5.36. The molecule has 0 saturated carbocycles. The van der Waals surface area contributed by atoms with Crippen molar-refractivity contribution in [3.05, 3.63) is 22.3 Å². The van der Waals surface area contributed by atoms with E-state index in [2.05, 4.69) is 0 Å². The number of phenolic OH excluding ortho intramolecular Hbond substituents is 1. The first-order valence-corrected chi connectivity index (χ1v) is 10.2. The summed E-state index contributed by atoms with van der Waals surface area (Å²) >= 11 is 0. The van der Waals surface area contributed by atoms with Crippen LogP contribution in [0.25, 0.3) is 0 Å². The van der Waals surface area contributed by atoms with Crippen LogP contribution in [0.15, 0.2) is 0 Å². The van der Waals surface area contributed by atoms with Crippen LogP contribution >= 0.6 is 0 Å². The van der Waals surface area contributed by atoms with Crippen molar-refractivity contribution in [2.24, 2.45) is 0 Å². The van der Waals surface area contributed by atoms with Crippen molar-refractivity contribution < 1.29 is 19.7 Å². The topological polar surface area (TPSA) is 70.0 Å². The normalized spacial score (nSPS) is 32.6. The van der Waals surface area contributed by atoms with Gasteiger partial charge in [0.05, 0.1) is 6.10 Å². The van der Waals surface area contributed by atoms with Gasteiger partial charge in [0.2, 0.25) is 0 Å². The average molecular weight is 373 g/mol. The Hall–Kier alpha value is -1.75. The van der Waals surface area contributed by atoms with Gasteiger partial charge < -0.3 is 19.8 Å². The second-order valence-corrected chi connectivity index (χ2v) is 8.94. The lowest BCUT2D eigenvalue weighted by Gasteiger charge is -2.51. The second kappa shape index (κ2) is 6.40. The fourth-order valence-electron chi connectivity index (χ4n) is 5.36. The van der Waals surface area contributed by atoms with Gasteiger partial charge in [0.15, 0.2) is 5.60 Å². The van der Waals surface area contributed by atoms with Gasteiger partial charge in [-0.25, -0.2) is 0 Å². The van der Waals surface area contributed by atoms with E-state index in [4.69, 9.17) is 4.74 Å². The lowest BCUT2D eigenvalue weighted by atomic mass is 9.80. The van der Waals surface area contributed by atoms with Crippen LogP contribution < -0.4 is 4.74 Å². The first kappa shape index (κ1) is 18.6. The molecule has 0 spiro atoms. The van der Waals surface area contributed by atoms with Crippen LogP contribution in [-0.4, -0.2) is 44.8 Å². The highest BCUT2D eigenvalue weighted by atomic mass is 16.5. The molecule has 27 heavy (non-hydrogen) atoms. The lowest BCUT2D eigenvalue weighted by molar-refractivity contribution is -0.161. The van der Waals surface area contributed by atoms with E-state index >= 15 is 0 Å². The van der Waals surface area contributed by atoms with E-state index in [0.29, 0.717) is 25.0 Å². The van der Waals surface area contributed by atoms with Crippen LogP contribution in [0.1, 0.15) is 67.7 Å². The number of rotatable bonds is 1. The highest BCUT2D eigenvalue weighted by molar-refractivity contribution is 5.86. The van der Waals surface area contributed by atoms with Gasteiger partial charge in [-0.3, -0.25) is 4.79 Å². The second-order valence-electron chi connectivity index (χ2n) is 8.94. The van der Waals surface area contributed by atoms with E-state index in [1.165, 1.54) is 0 Å². The first-order chi connectivity index (χ1) is 12.7. The van der Waals surface area contributed by atoms with Gasteiger partial charge in [0, 0.05) is 24.1 Å². The van der Waals surface area contributed by atoms with Crippen molar-refractivity contribution in [3.8, 4) is 11.5 Å². The number of piperidine rings is 2. The molecule has 0 radical (unpaired) electrons. The number of phenols is 1. The molecule has 148 valence electrons. The van der Waals surface area contributed by atoms with Gasteiger partial charge in [-0.05, 0) is 82.9 Å². The number of ether oxygens (including phenoxy) is 1. The van der Waals surface area contributed by atoms with Gasteiger partial charge in [-0.1, -0.05) is 0 Å². The molecule has 1 aromatic rings. The molecule has 3 aliphatic heterocycles. The van der Waals surface area contributed by atoms with E-state index < -0.39 is 5.60 Å². The van der Waals surface area contributed by atoms with Gasteiger partial charge in [0.25, 0.3) is 5.91 Å². The minimum absolute atomic E-state index is 0.0672. The smallest absolute Gasteiger partial charge is 0.266 e. The quantitative estimate of drug-likeness (QED) is 0.792. The Kier molecular flexibility index (Phi) is 4.41. The SMILES string of the molecule is Cc1c(C)c2c(c(C)c1O)CCC(C)(C(=O)N1[C@@H]3CCC[C@H]1CC(O)C3)O2. The molecule has 5 nitrogen and oxygen atoms in total. The zero-order valence-corrected chi connectivity index (χ0v) is 16.8. The molecule has 0 aromatic heterocycles. The molecule has 2 bridgehead atoms. The predicted molar refractivity (Wildman–Crippen MR) is 103 cm³/mol. The summed E-state index contributed by atoms with van der Waals surface area (Å²) in [7, 11) is 0. The summed E-state index contributed by atoms with van der Waals surface area (Å²) in [6, 6.07) is 0.261. The molecule has 0 aliphatic carbocycles. The Labute approximate surface area is 161 Å². The largest absolute Gasteiger partial charge is 0.507 e. The molecule has 3 aliphatic rings. The molecule has 1 amide bonds. The highest BCUT2D eigenvalue weighted by Gasteiger charge is 2.49. The third kappa shape index (κ3) is 2.82. The summed E-state index contributed by atoms with van der Waals surface area (Å²) < 4.78 is 6.41. The number of aromatic hydroxyl groups is 1. The molecular weight excluding hydrogens is 342 g/mol. The van der Waals surface area contributed by atoms with Crippen molar-refractivity contribution in [3.63, 3.8) is 0 Å².